The van der Waals surface area contributed by atoms with Crippen LogP contribution in [0.5, 0.6) is 0 Å². The van der Waals surface area contributed by atoms with E-state index in [-0.39, 0.29) is 19.3 Å². The topological polar surface area (TPSA) is 144 Å². The van der Waals surface area contributed by atoms with Crippen LogP contribution in [0, 0.1) is 0 Å². The number of hydrogen-bond donors (Lipinski definition) is 3. The third-order valence-corrected chi connectivity index (χ3v) is 1.88. The summed E-state index contributed by atoms with van der Waals surface area (Å²) in [6, 6.07) is 0. The van der Waals surface area contributed by atoms with Gasteiger partial charge in [0.1, 0.15) is 0 Å². The van der Waals surface area contributed by atoms with Gasteiger partial charge in [0.05, 0.1) is 0 Å². The van der Waals surface area contributed by atoms with Gasteiger partial charge >= 0.3 is 16.4 Å². The first kappa shape index (κ1) is 13.8. The number of rotatable bonds is 7. The first-order chi connectivity index (χ1) is 6.72. The van der Waals surface area contributed by atoms with Gasteiger partial charge in [-0.2, -0.15) is 8.42 Å². The molecule has 0 rings (SSSR count). The van der Waals surface area contributed by atoms with E-state index in [1.807, 2.05) is 0 Å². The molecule has 0 spiro atoms. The summed E-state index contributed by atoms with van der Waals surface area (Å²) in [7, 11) is -4.82. The number of hydrogen-bond acceptors (Lipinski definition) is 5. The number of carboxylic acid groups (broad SMARTS) is 1. The number of aliphatic carboxylic acids is 1. The lowest BCUT2D eigenvalue weighted by molar-refractivity contribution is -0.145. The molecule has 15 heavy (non-hydrogen) atoms. The zero-order valence-electron chi connectivity index (χ0n) is 7.62. The minimum absolute atomic E-state index is 0.0574. The smallest absolute Gasteiger partial charge is 0.398 e. The predicted molar refractivity (Wildman–Crippen MR) is 47.1 cm³/mol. The highest BCUT2D eigenvalue weighted by molar-refractivity contribution is 7.80. The van der Waals surface area contributed by atoms with Gasteiger partial charge in [-0.1, -0.05) is 0 Å². The van der Waals surface area contributed by atoms with Crippen molar-refractivity contribution in [3.8, 4) is 0 Å². The maximum Gasteiger partial charge on any atom is 0.398 e. The Hall–Kier alpha value is -1.19. The fraction of sp³-hybridized carbons (Fsp3) is 0.667. The highest BCUT2D eigenvalue weighted by Gasteiger charge is 2.24. The maximum absolute atomic E-state index is 10.4. The second-order valence-electron chi connectivity index (χ2n) is 2.71. The van der Waals surface area contributed by atoms with Crippen LogP contribution in [0.3, 0.4) is 0 Å². The van der Waals surface area contributed by atoms with Crippen molar-refractivity contribution in [2.75, 3.05) is 0 Å². The van der Waals surface area contributed by atoms with Crippen molar-refractivity contribution >= 4 is 22.3 Å². The molecule has 0 aromatic carbocycles. The lowest BCUT2D eigenvalue weighted by Crippen LogP contribution is -2.27. The summed E-state index contributed by atoms with van der Waals surface area (Å²) >= 11 is 0. The average Bonchev–Trinajstić information content (AvgIpc) is 1.99. The molecule has 0 heterocycles. The molecule has 8 nitrogen and oxygen atoms in total. The first-order valence-corrected chi connectivity index (χ1v) is 5.25. The van der Waals surface area contributed by atoms with E-state index in [4.69, 9.17) is 15.4 Å². The van der Waals surface area contributed by atoms with Crippen molar-refractivity contribution in [2.24, 2.45) is 5.73 Å². The monoisotopic (exact) mass is 241 g/mol. The lowest BCUT2D eigenvalue weighted by atomic mass is 10.1. The average molecular weight is 241 g/mol. The summed E-state index contributed by atoms with van der Waals surface area (Å²) < 4.78 is 32.5. The van der Waals surface area contributed by atoms with Crippen LogP contribution in [0.25, 0.3) is 0 Å². The van der Waals surface area contributed by atoms with Gasteiger partial charge < -0.3 is 10.8 Å². The fourth-order valence-electron chi connectivity index (χ4n) is 0.821. The molecule has 0 unspecified atom stereocenters. The molecule has 0 aliphatic carbocycles. The molecule has 0 radical (unpaired) electrons. The summed E-state index contributed by atoms with van der Waals surface area (Å²) in [6.07, 6.45) is -1.97. The molecule has 0 fully saturated rings. The molecule has 0 aromatic heterocycles. The lowest BCUT2D eigenvalue weighted by Gasteiger charge is -2.09. The second kappa shape index (κ2) is 5.63. The maximum atomic E-state index is 10.4. The highest BCUT2D eigenvalue weighted by atomic mass is 32.3. The van der Waals surface area contributed by atoms with E-state index in [2.05, 4.69) is 4.18 Å². The molecule has 0 bridgehead atoms. The third-order valence-electron chi connectivity index (χ3n) is 1.40. The summed E-state index contributed by atoms with van der Waals surface area (Å²) in [6.45, 7) is 0. The van der Waals surface area contributed by atoms with Crippen molar-refractivity contribution in [3.63, 3.8) is 0 Å². The first-order valence-electron chi connectivity index (χ1n) is 3.89. The van der Waals surface area contributed by atoms with Crippen LogP contribution < -0.4 is 5.73 Å². The molecule has 0 aliphatic rings. The van der Waals surface area contributed by atoms with Crippen molar-refractivity contribution < 1.29 is 31.8 Å². The minimum atomic E-state index is -4.82. The van der Waals surface area contributed by atoms with Crippen LogP contribution in [0.1, 0.15) is 19.3 Å². The van der Waals surface area contributed by atoms with Gasteiger partial charge in [0.25, 0.3) is 0 Å². The van der Waals surface area contributed by atoms with Crippen LogP contribution in [0.15, 0.2) is 0 Å². The largest absolute Gasteiger partial charge is 0.479 e. The summed E-state index contributed by atoms with van der Waals surface area (Å²) in [5.74, 6) is -2.18. The van der Waals surface area contributed by atoms with Crippen molar-refractivity contribution in [2.45, 2.75) is 25.4 Å². The van der Waals surface area contributed by atoms with Gasteiger partial charge in [-0.3, -0.25) is 9.35 Å². The van der Waals surface area contributed by atoms with E-state index in [0.29, 0.717) is 0 Å². The van der Waals surface area contributed by atoms with Gasteiger partial charge in [-0.15, -0.1) is 0 Å². The Labute approximate surface area is 86.0 Å². The molecule has 0 saturated carbocycles. The number of amides is 1. The molecule has 4 N–H and O–H groups in total. The number of carbonyl (C=O) groups excluding carboxylic acids is 1. The molecule has 1 atom stereocenters. The Morgan fingerprint density at radius 1 is 1.40 bits per heavy atom. The van der Waals surface area contributed by atoms with E-state index in [9.17, 15) is 18.0 Å². The normalized spacial score (nSPS) is 13.4. The Balaban J connectivity index is 4.18. The summed E-state index contributed by atoms with van der Waals surface area (Å²) in [4.78, 5) is 20.7. The Morgan fingerprint density at radius 3 is 2.27 bits per heavy atom. The Morgan fingerprint density at radius 2 is 1.93 bits per heavy atom. The van der Waals surface area contributed by atoms with Gasteiger partial charge in [0.15, 0.2) is 6.10 Å². The van der Waals surface area contributed by atoms with Gasteiger partial charge in [0, 0.05) is 6.42 Å². The number of carbonyl (C=O) groups is 2. The molecule has 0 aromatic rings. The fourth-order valence-corrected chi connectivity index (χ4v) is 1.29. The second-order valence-corrected chi connectivity index (χ2v) is 3.76. The molecule has 88 valence electrons. The zero-order valence-corrected chi connectivity index (χ0v) is 8.44. The van der Waals surface area contributed by atoms with Crippen molar-refractivity contribution in [1.82, 2.24) is 0 Å². The molecular weight excluding hydrogens is 230 g/mol. The van der Waals surface area contributed by atoms with Gasteiger partial charge in [-0.05, 0) is 12.8 Å². The quantitative estimate of drug-likeness (QED) is 0.480. The van der Waals surface area contributed by atoms with Gasteiger partial charge in [0.2, 0.25) is 5.91 Å². The summed E-state index contributed by atoms with van der Waals surface area (Å²) in [5, 5.41) is 8.49. The standard InChI is InChI=1S/C6H11NO7S/c7-5(8)3-1-2-4(6(9)10)14-15(11,12)13/h4H,1-3H2,(H2,7,8)(H,9,10)(H,11,12,13)/t4-/m0/s1. The van der Waals surface area contributed by atoms with Crippen LogP contribution in [-0.2, 0) is 24.2 Å². The third kappa shape index (κ3) is 7.85. The molecule has 0 saturated heterocycles. The van der Waals surface area contributed by atoms with Gasteiger partial charge in [-0.25, -0.2) is 8.98 Å². The molecule has 1 amide bonds. The van der Waals surface area contributed by atoms with Crippen molar-refractivity contribution in [3.05, 3.63) is 0 Å². The Bertz CT molecular complexity index is 335. The molecule has 0 aliphatic heterocycles. The van der Waals surface area contributed by atoms with E-state index in [1.54, 1.807) is 0 Å². The number of nitrogens with two attached hydrogens (primary N) is 1. The van der Waals surface area contributed by atoms with Crippen LogP contribution in [0.4, 0.5) is 0 Å². The van der Waals surface area contributed by atoms with E-state index >= 15 is 0 Å². The number of primary amides is 1. The van der Waals surface area contributed by atoms with Crippen LogP contribution >= 0.6 is 0 Å². The van der Waals surface area contributed by atoms with Crippen LogP contribution in [-0.4, -0.2) is 36.1 Å². The predicted octanol–water partition coefficient (Wildman–Crippen LogP) is -1.09. The van der Waals surface area contributed by atoms with Crippen molar-refractivity contribution in [1.29, 1.82) is 0 Å². The van der Waals surface area contributed by atoms with E-state index in [0.717, 1.165) is 0 Å². The zero-order chi connectivity index (χ0) is 12.1. The SMILES string of the molecule is NC(=O)CCC[C@H](OS(=O)(=O)O)C(=O)O. The van der Waals surface area contributed by atoms with E-state index in [1.165, 1.54) is 0 Å². The Kier molecular flexibility index (Phi) is 5.19. The minimum Gasteiger partial charge on any atom is -0.479 e. The van der Waals surface area contributed by atoms with Crippen LogP contribution in [0.2, 0.25) is 0 Å². The number of carboxylic acids is 1. The molecular formula is C6H11NO7S. The highest BCUT2D eigenvalue weighted by Crippen LogP contribution is 2.07. The summed E-state index contributed by atoms with van der Waals surface area (Å²) in [5.41, 5.74) is 4.79. The molecule has 9 heteroatoms. The van der Waals surface area contributed by atoms with E-state index < -0.39 is 28.4 Å².